The smallest absolute Gasteiger partial charge is 0.227 e. The maximum Gasteiger partial charge on any atom is 0.227 e. The third-order valence-electron chi connectivity index (χ3n) is 4.87. The summed E-state index contributed by atoms with van der Waals surface area (Å²) in [5, 5.41) is 13.0. The number of aliphatic hydroxyl groups is 1. The van der Waals surface area contributed by atoms with Crippen molar-refractivity contribution < 1.29 is 14.6 Å². The minimum atomic E-state index is -0.523. The summed E-state index contributed by atoms with van der Waals surface area (Å²) in [5.74, 6) is 1.24. The predicted octanol–water partition coefficient (Wildman–Crippen LogP) is 2.01. The molecule has 2 atom stereocenters. The standard InChI is InChI=1S/C19H30N2O3/c1-14-8-10-21(11-9-14)13-17(22)12-20-19(23)15(2)16-4-6-18(24-3)7-5-16/h4-7,14-15,17,22H,8-13H2,1-3H3,(H,20,23). The number of nitrogens with one attached hydrogen (secondary N) is 1. The first-order chi connectivity index (χ1) is 11.5. The zero-order chi connectivity index (χ0) is 17.5. The lowest BCUT2D eigenvalue weighted by Gasteiger charge is -2.31. The zero-order valence-corrected chi connectivity index (χ0v) is 15.0. The maximum absolute atomic E-state index is 12.3. The second kappa shape index (κ2) is 9.04. The van der Waals surface area contributed by atoms with Gasteiger partial charge in [-0.15, -0.1) is 0 Å². The second-order valence-corrected chi connectivity index (χ2v) is 6.88. The number of rotatable bonds is 7. The van der Waals surface area contributed by atoms with Gasteiger partial charge < -0.3 is 20.1 Å². The number of methoxy groups -OCH3 is 1. The fourth-order valence-electron chi connectivity index (χ4n) is 3.02. The average molecular weight is 334 g/mol. The summed E-state index contributed by atoms with van der Waals surface area (Å²) in [4.78, 5) is 14.6. The van der Waals surface area contributed by atoms with Gasteiger partial charge in [-0.25, -0.2) is 0 Å². The topological polar surface area (TPSA) is 61.8 Å². The molecule has 134 valence electrons. The molecule has 24 heavy (non-hydrogen) atoms. The van der Waals surface area contributed by atoms with Crippen LogP contribution in [0.4, 0.5) is 0 Å². The van der Waals surface area contributed by atoms with Crippen molar-refractivity contribution in [1.82, 2.24) is 10.2 Å². The van der Waals surface area contributed by atoms with Crippen LogP contribution >= 0.6 is 0 Å². The summed E-state index contributed by atoms with van der Waals surface area (Å²) in [5.41, 5.74) is 0.938. The van der Waals surface area contributed by atoms with Crippen LogP contribution < -0.4 is 10.1 Å². The number of amides is 1. The van der Waals surface area contributed by atoms with Gasteiger partial charge in [0.1, 0.15) is 5.75 Å². The van der Waals surface area contributed by atoms with Gasteiger partial charge in [0.05, 0.1) is 19.1 Å². The van der Waals surface area contributed by atoms with E-state index < -0.39 is 6.10 Å². The van der Waals surface area contributed by atoms with Gasteiger partial charge in [-0.05, 0) is 56.5 Å². The minimum absolute atomic E-state index is 0.0634. The summed E-state index contributed by atoms with van der Waals surface area (Å²) in [6, 6.07) is 7.50. The van der Waals surface area contributed by atoms with Crippen LogP contribution in [0.2, 0.25) is 0 Å². The molecule has 1 amide bonds. The molecule has 5 nitrogen and oxygen atoms in total. The van der Waals surface area contributed by atoms with E-state index in [1.807, 2.05) is 31.2 Å². The first-order valence-corrected chi connectivity index (χ1v) is 8.81. The van der Waals surface area contributed by atoms with Gasteiger partial charge in [0, 0.05) is 13.1 Å². The lowest BCUT2D eigenvalue weighted by molar-refractivity contribution is -0.122. The molecule has 1 aromatic carbocycles. The highest BCUT2D eigenvalue weighted by Crippen LogP contribution is 2.19. The third kappa shape index (κ3) is 5.49. The van der Waals surface area contributed by atoms with E-state index in [1.165, 1.54) is 12.8 Å². The molecule has 1 fully saturated rings. The number of aliphatic hydroxyl groups excluding tert-OH is 1. The van der Waals surface area contributed by atoms with Crippen LogP contribution in [0.1, 0.15) is 38.2 Å². The molecule has 0 spiro atoms. The Bertz CT molecular complexity index is 510. The summed E-state index contributed by atoms with van der Waals surface area (Å²) < 4.78 is 5.13. The SMILES string of the molecule is COc1ccc(C(C)C(=O)NCC(O)CN2CCC(C)CC2)cc1. The monoisotopic (exact) mass is 334 g/mol. The van der Waals surface area contributed by atoms with Gasteiger partial charge in [-0.2, -0.15) is 0 Å². The number of carbonyl (C=O) groups excluding carboxylic acids is 1. The normalized spacial score (nSPS) is 18.8. The van der Waals surface area contributed by atoms with Gasteiger partial charge in [-0.3, -0.25) is 4.79 Å². The lowest BCUT2D eigenvalue weighted by Crippen LogP contribution is -2.43. The van der Waals surface area contributed by atoms with Crippen LogP contribution in [-0.2, 0) is 4.79 Å². The molecule has 0 aromatic heterocycles. The Morgan fingerprint density at radius 1 is 1.33 bits per heavy atom. The molecule has 2 N–H and O–H groups in total. The highest BCUT2D eigenvalue weighted by atomic mass is 16.5. The number of carbonyl (C=O) groups is 1. The summed E-state index contributed by atoms with van der Waals surface area (Å²) in [6.07, 6.45) is 1.85. The van der Waals surface area contributed by atoms with Gasteiger partial charge >= 0.3 is 0 Å². The molecule has 0 saturated carbocycles. The molecular weight excluding hydrogens is 304 g/mol. The van der Waals surface area contributed by atoms with Crippen molar-refractivity contribution in [2.45, 2.75) is 38.7 Å². The van der Waals surface area contributed by atoms with E-state index in [0.717, 1.165) is 30.3 Å². The number of piperidine rings is 1. The van der Waals surface area contributed by atoms with Gasteiger partial charge in [0.15, 0.2) is 0 Å². The molecule has 1 aromatic rings. The van der Waals surface area contributed by atoms with Crippen LogP contribution in [0.25, 0.3) is 0 Å². The fraction of sp³-hybridized carbons (Fsp3) is 0.632. The summed E-state index contributed by atoms with van der Waals surface area (Å²) in [6.45, 7) is 7.14. The quantitative estimate of drug-likeness (QED) is 0.801. The molecule has 1 aliphatic heterocycles. The number of β-amino-alcohol motifs (C(OH)–C–C–N with tert-alkyl or cyclic N) is 1. The first kappa shape index (κ1) is 18.7. The highest BCUT2D eigenvalue weighted by Gasteiger charge is 2.20. The summed E-state index contributed by atoms with van der Waals surface area (Å²) in [7, 11) is 1.62. The van der Waals surface area contributed by atoms with E-state index in [-0.39, 0.29) is 11.8 Å². The molecule has 2 rings (SSSR count). The number of nitrogens with zero attached hydrogens (tertiary/aromatic N) is 1. The number of ether oxygens (including phenoxy) is 1. The van der Waals surface area contributed by atoms with E-state index in [2.05, 4.69) is 17.1 Å². The molecular formula is C19H30N2O3. The Hall–Kier alpha value is -1.59. The molecule has 2 unspecified atom stereocenters. The number of hydrogen-bond acceptors (Lipinski definition) is 4. The fourth-order valence-corrected chi connectivity index (χ4v) is 3.02. The Kier molecular flexibility index (Phi) is 7.06. The van der Waals surface area contributed by atoms with Crippen molar-refractivity contribution in [2.24, 2.45) is 5.92 Å². The Morgan fingerprint density at radius 2 is 1.96 bits per heavy atom. The van der Waals surface area contributed by atoms with E-state index in [9.17, 15) is 9.90 Å². The zero-order valence-electron chi connectivity index (χ0n) is 15.0. The third-order valence-corrected chi connectivity index (χ3v) is 4.87. The van der Waals surface area contributed by atoms with E-state index in [4.69, 9.17) is 4.74 Å². The predicted molar refractivity (Wildman–Crippen MR) is 95.3 cm³/mol. The molecule has 5 heteroatoms. The Morgan fingerprint density at radius 3 is 2.54 bits per heavy atom. The van der Waals surface area contributed by atoms with Crippen molar-refractivity contribution in [3.8, 4) is 5.75 Å². The van der Waals surface area contributed by atoms with Crippen molar-refractivity contribution >= 4 is 5.91 Å². The molecule has 1 heterocycles. The van der Waals surface area contributed by atoms with E-state index in [0.29, 0.717) is 13.1 Å². The lowest BCUT2D eigenvalue weighted by atomic mass is 9.99. The van der Waals surface area contributed by atoms with Crippen molar-refractivity contribution in [2.75, 3.05) is 33.3 Å². The van der Waals surface area contributed by atoms with Crippen molar-refractivity contribution in [3.63, 3.8) is 0 Å². The van der Waals surface area contributed by atoms with Gasteiger partial charge in [-0.1, -0.05) is 19.1 Å². The number of benzene rings is 1. The molecule has 0 radical (unpaired) electrons. The molecule has 0 aliphatic carbocycles. The van der Waals surface area contributed by atoms with Crippen LogP contribution in [-0.4, -0.2) is 55.3 Å². The maximum atomic E-state index is 12.3. The largest absolute Gasteiger partial charge is 0.497 e. The van der Waals surface area contributed by atoms with Crippen LogP contribution in [0.15, 0.2) is 24.3 Å². The van der Waals surface area contributed by atoms with Gasteiger partial charge in [0.25, 0.3) is 0 Å². The molecule has 1 aliphatic rings. The van der Waals surface area contributed by atoms with Crippen LogP contribution in [0.5, 0.6) is 5.75 Å². The highest BCUT2D eigenvalue weighted by molar-refractivity contribution is 5.83. The van der Waals surface area contributed by atoms with Crippen molar-refractivity contribution in [1.29, 1.82) is 0 Å². The second-order valence-electron chi connectivity index (χ2n) is 6.88. The molecule has 0 bridgehead atoms. The molecule has 1 saturated heterocycles. The van der Waals surface area contributed by atoms with Crippen molar-refractivity contribution in [3.05, 3.63) is 29.8 Å². The van der Waals surface area contributed by atoms with Gasteiger partial charge in [0.2, 0.25) is 5.91 Å². The Labute approximate surface area is 145 Å². The number of hydrogen-bond donors (Lipinski definition) is 2. The first-order valence-electron chi connectivity index (χ1n) is 8.81. The van der Waals surface area contributed by atoms with E-state index >= 15 is 0 Å². The van der Waals surface area contributed by atoms with Crippen LogP contribution in [0.3, 0.4) is 0 Å². The average Bonchev–Trinajstić information content (AvgIpc) is 2.61. The Balaban J connectivity index is 1.74. The number of likely N-dealkylation sites (tertiary alicyclic amines) is 1. The minimum Gasteiger partial charge on any atom is -0.497 e. The summed E-state index contributed by atoms with van der Waals surface area (Å²) >= 11 is 0. The van der Waals surface area contributed by atoms with Crippen LogP contribution in [0, 0.1) is 5.92 Å². The van der Waals surface area contributed by atoms with E-state index in [1.54, 1.807) is 7.11 Å².